The standard InChI is InChI=1S/C13H17FN2O2/c14-11-3-1-10(2-4-11)12(13(17)18)9-16-7-5-15-6-8-16/h1-4,12,15H,5-9H2,(H,17,18). The average Bonchev–Trinajstić information content (AvgIpc) is 2.38. The van der Waals surface area contributed by atoms with E-state index in [1.165, 1.54) is 12.1 Å². The van der Waals surface area contributed by atoms with Gasteiger partial charge in [-0.25, -0.2) is 4.39 Å². The van der Waals surface area contributed by atoms with E-state index in [0.29, 0.717) is 12.1 Å². The van der Waals surface area contributed by atoms with Crippen LogP contribution < -0.4 is 5.32 Å². The Morgan fingerprint density at radius 1 is 1.33 bits per heavy atom. The second-order valence-electron chi connectivity index (χ2n) is 4.49. The molecule has 0 aliphatic carbocycles. The molecule has 0 saturated carbocycles. The summed E-state index contributed by atoms with van der Waals surface area (Å²) in [5.41, 5.74) is 0.655. The molecule has 1 aliphatic rings. The van der Waals surface area contributed by atoms with Crippen molar-refractivity contribution in [1.82, 2.24) is 10.2 Å². The molecule has 98 valence electrons. The highest BCUT2D eigenvalue weighted by Gasteiger charge is 2.23. The van der Waals surface area contributed by atoms with Gasteiger partial charge in [0.05, 0.1) is 5.92 Å². The Bertz CT molecular complexity index is 402. The van der Waals surface area contributed by atoms with Crippen molar-refractivity contribution in [2.75, 3.05) is 32.7 Å². The topological polar surface area (TPSA) is 52.6 Å². The van der Waals surface area contributed by atoms with Crippen molar-refractivity contribution in [2.24, 2.45) is 0 Å². The summed E-state index contributed by atoms with van der Waals surface area (Å²) >= 11 is 0. The van der Waals surface area contributed by atoms with Crippen LogP contribution in [-0.4, -0.2) is 48.7 Å². The van der Waals surface area contributed by atoms with Crippen LogP contribution in [0.2, 0.25) is 0 Å². The van der Waals surface area contributed by atoms with E-state index in [9.17, 15) is 14.3 Å². The number of carbonyl (C=O) groups is 1. The largest absolute Gasteiger partial charge is 0.481 e. The monoisotopic (exact) mass is 252 g/mol. The van der Waals surface area contributed by atoms with Crippen LogP contribution in [0.5, 0.6) is 0 Å². The molecule has 1 unspecified atom stereocenters. The van der Waals surface area contributed by atoms with Crippen LogP contribution in [0, 0.1) is 5.82 Å². The Hall–Kier alpha value is -1.46. The number of hydrogen-bond acceptors (Lipinski definition) is 3. The van der Waals surface area contributed by atoms with Crippen molar-refractivity contribution in [3.05, 3.63) is 35.6 Å². The van der Waals surface area contributed by atoms with Gasteiger partial charge in [-0.15, -0.1) is 0 Å². The molecule has 0 radical (unpaired) electrons. The zero-order valence-corrected chi connectivity index (χ0v) is 10.1. The molecule has 4 nitrogen and oxygen atoms in total. The highest BCUT2D eigenvalue weighted by molar-refractivity contribution is 5.76. The lowest BCUT2D eigenvalue weighted by molar-refractivity contribution is -0.139. The second kappa shape index (κ2) is 5.93. The molecule has 18 heavy (non-hydrogen) atoms. The molecule has 2 N–H and O–H groups in total. The molecule has 1 saturated heterocycles. The first-order valence-corrected chi connectivity index (χ1v) is 6.08. The Labute approximate surface area is 105 Å². The summed E-state index contributed by atoms with van der Waals surface area (Å²) in [6, 6.07) is 5.72. The Morgan fingerprint density at radius 3 is 2.50 bits per heavy atom. The smallest absolute Gasteiger partial charge is 0.312 e. The zero-order valence-electron chi connectivity index (χ0n) is 10.1. The fourth-order valence-electron chi connectivity index (χ4n) is 2.17. The fourth-order valence-corrected chi connectivity index (χ4v) is 2.17. The molecule has 5 heteroatoms. The summed E-state index contributed by atoms with van der Waals surface area (Å²) in [4.78, 5) is 13.4. The number of nitrogens with one attached hydrogen (secondary N) is 1. The first-order chi connectivity index (χ1) is 8.66. The highest BCUT2D eigenvalue weighted by atomic mass is 19.1. The van der Waals surface area contributed by atoms with Gasteiger partial charge in [0, 0.05) is 32.7 Å². The van der Waals surface area contributed by atoms with Gasteiger partial charge in [-0.1, -0.05) is 12.1 Å². The second-order valence-corrected chi connectivity index (χ2v) is 4.49. The minimum Gasteiger partial charge on any atom is -0.481 e. The van der Waals surface area contributed by atoms with Gasteiger partial charge < -0.3 is 10.4 Å². The number of rotatable bonds is 4. The maximum absolute atomic E-state index is 12.8. The van der Waals surface area contributed by atoms with Crippen molar-refractivity contribution in [3.8, 4) is 0 Å². The molecule has 1 fully saturated rings. The number of carboxylic acids is 1. The number of carboxylic acid groups (broad SMARTS) is 1. The van der Waals surface area contributed by atoms with E-state index in [0.717, 1.165) is 26.2 Å². The van der Waals surface area contributed by atoms with Crippen molar-refractivity contribution < 1.29 is 14.3 Å². The van der Waals surface area contributed by atoms with E-state index in [2.05, 4.69) is 10.2 Å². The number of hydrogen-bond donors (Lipinski definition) is 2. The van der Waals surface area contributed by atoms with E-state index >= 15 is 0 Å². The highest BCUT2D eigenvalue weighted by Crippen LogP contribution is 2.18. The summed E-state index contributed by atoms with van der Waals surface area (Å²) in [5.74, 6) is -1.80. The van der Waals surface area contributed by atoms with Crippen LogP contribution in [0.3, 0.4) is 0 Å². The van der Waals surface area contributed by atoms with E-state index in [1.807, 2.05) is 0 Å². The Balaban J connectivity index is 2.07. The van der Waals surface area contributed by atoms with Crippen LogP contribution in [0.25, 0.3) is 0 Å². The Morgan fingerprint density at radius 2 is 1.94 bits per heavy atom. The number of nitrogens with zero attached hydrogens (tertiary/aromatic N) is 1. The molecule has 1 atom stereocenters. The molecule has 0 aromatic heterocycles. The lowest BCUT2D eigenvalue weighted by Crippen LogP contribution is -2.45. The number of halogens is 1. The van der Waals surface area contributed by atoms with Crippen LogP contribution >= 0.6 is 0 Å². The minimum atomic E-state index is -0.861. The van der Waals surface area contributed by atoms with Crippen molar-refractivity contribution in [2.45, 2.75) is 5.92 Å². The van der Waals surface area contributed by atoms with Crippen molar-refractivity contribution >= 4 is 5.97 Å². The molecular formula is C13H17FN2O2. The molecule has 1 aromatic rings. The summed E-state index contributed by atoms with van der Waals surface area (Å²) in [6.07, 6.45) is 0. The predicted molar refractivity (Wildman–Crippen MR) is 66.1 cm³/mol. The van der Waals surface area contributed by atoms with Gasteiger partial charge in [-0.05, 0) is 17.7 Å². The van der Waals surface area contributed by atoms with Gasteiger partial charge in [0.15, 0.2) is 0 Å². The lowest BCUT2D eigenvalue weighted by atomic mass is 9.98. The lowest BCUT2D eigenvalue weighted by Gasteiger charge is -2.29. The maximum atomic E-state index is 12.8. The Kier molecular flexibility index (Phi) is 4.28. The number of benzene rings is 1. The zero-order chi connectivity index (χ0) is 13.0. The molecular weight excluding hydrogens is 235 g/mol. The normalized spacial score (nSPS) is 18.5. The van der Waals surface area contributed by atoms with Crippen molar-refractivity contribution in [1.29, 1.82) is 0 Å². The molecule has 1 heterocycles. The van der Waals surface area contributed by atoms with E-state index < -0.39 is 11.9 Å². The van der Waals surface area contributed by atoms with Gasteiger partial charge in [0.1, 0.15) is 5.82 Å². The third-order valence-electron chi connectivity index (χ3n) is 3.22. The molecule has 1 aromatic carbocycles. The molecule has 0 bridgehead atoms. The maximum Gasteiger partial charge on any atom is 0.312 e. The molecule has 1 aliphatic heterocycles. The number of piperazine rings is 1. The van der Waals surface area contributed by atoms with Crippen molar-refractivity contribution in [3.63, 3.8) is 0 Å². The third-order valence-corrected chi connectivity index (χ3v) is 3.22. The van der Waals surface area contributed by atoms with Crippen LogP contribution in [-0.2, 0) is 4.79 Å². The van der Waals surface area contributed by atoms with Crippen LogP contribution in [0.15, 0.2) is 24.3 Å². The third kappa shape index (κ3) is 3.27. The van der Waals surface area contributed by atoms with E-state index in [-0.39, 0.29) is 5.82 Å². The fraction of sp³-hybridized carbons (Fsp3) is 0.462. The van der Waals surface area contributed by atoms with Gasteiger partial charge in [-0.2, -0.15) is 0 Å². The summed E-state index contributed by atoms with van der Waals surface area (Å²) in [7, 11) is 0. The summed E-state index contributed by atoms with van der Waals surface area (Å²) < 4.78 is 12.8. The van der Waals surface area contributed by atoms with Gasteiger partial charge in [0.2, 0.25) is 0 Å². The minimum absolute atomic E-state index is 0.343. The molecule has 0 spiro atoms. The molecule has 2 rings (SSSR count). The van der Waals surface area contributed by atoms with E-state index in [4.69, 9.17) is 0 Å². The van der Waals surface area contributed by atoms with Crippen LogP contribution in [0.1, 0.15) is 11.5 Å². The van der Waals surface area contributed by atoms with Gasteiger partial charge in [-0.3, -0.25) is 9.69 Å². The van der Waals surface area contributed by atoms with E-state index in [1.54, 1.807) is 12.1 Å². The average molecular weight is 252 g/mol. The SMILES string of the molecule is O=C(O)C(CN1CCNCC1)c1ccc(F)cc1. The quantitative estimate of drug-likeness (QED) is 0.836. The van der Waals surface area contributed by atoms with Gasteiger partial charge >= 0.3 is 5.97 Å². The predicted octanol–water partition coefficient (Wildman–Crippen LogP) is 0.899. The summed E-state index contributed by atoms with van der Waals surface area (Å²) in [6.45, 7) is 3.95. The first-order valence-electron chi connectivity index (χ1n) is 6.08. The number of aliphatic carboxylic acids is 1. The first kappa shape index (κ1) is 13.0. The molecule has 0 amide bonds. The summed E-state index contributed by atoms with van der Waals surface area (Å²) in [5, 5.41) is 12.5. The van der Waals surface area contributed by atoms with Gasteiger partial charge in [0.25, 0.3) is 0 Å². The van der Waals surface area contributed by atoms with Crippen LogP contribution in [0.4, 0.5) is 4.39 Å².